The number of thiocarbonyl (C=S) groups is 1. The zero-order valence-electron chi connectivity index (χ0n) is 16.6. The van der Waals surface area contributed by atoms with E-state index in [0.29, 0.717) is 5.05 Å². The van der Waals surface area contributed by atoms with Crippen LogP contribution in [0.1, 0.15) is 98.3 Å². The van der Waals surface area contributed by atoms with Crippen molar-refractivity contribution in [3.8, 4) is 0 Å². The van der Waals surface area contributed by atoms with Gasteiger partial charge in [0.15, 0.2) is 11.2 Å². The first kappa shape index (κ1) is 24.3. The molecule has 0 aromatic heterocycles. The number of carbonyl (C=O) groups excluding carboxylic acids is 1. The molecule has 0 aliphatic heterocycles. The fourth-order valence-corrected chi connectivity index (χ4v) is 2.95. The van der Waals surface area contributed by atoms with Crippen molar-refractivity contribution in [3.05, 3.63) is 0 Å². The van der Waals surface area contributed by atoms with Crippen molar-refractivity contribution in [2.24, 2.45) is 0 Å². The highest BCUT2D eigenvalue weighted by molar-refractivity contribution is 7.80. The molecule has 0 saturated carbocycles. The Morgan fingerprint density at radius 1 is 0.880 bits per heavy atom. The number of hydrogen-bond acceptors (Lipinski definition) is 5. The van der Waals surface area contributed by atoms with Gasteiger partial charge in [0.25, 0.3) is 0 Å². The summed E-state index contributed by atoms with van der Waals surface area (Å²) < 4.78 is 11.2. The fraction of sp³-hybridized carbons (Fsp3) is 0.900. The van der Waals surface area contributed by atoms with Crippen LogP contribution in [0.5, 0.6) is 0 Å². The highest BCUT2D eigenvalue weighted by Crippen LogP contribution is 2.14. The van der Waals surface area contributed by atoms with Gasteiger partial charge in [-0.3, -0.25) is 0 Å². The van der Waals surface area contributed by atoms with Crippen molar-refractivity contribution in [2.75, 3.05) is 0 Å². The molecule has 0 aliphatic rings. The molecule has 3 atom stereocenters. The molecule has 0 radical (unpaired) electrons. The second-order valence-corrected chi connectivity index (χ2v) is 7.15. The van der Waals surface area contributed by atoms with Gasteiger partial charge in [-0.05, 0) is 50.7 Å². The van der Waals surface area contributed by atoms with Gasteiger partial charge in [-0.25, -0.2) is 4.79 Å². The molecule has 0 aromatic carbocycles. The average Bonchev–Trinajstić information content (AvgIpc) is 2.59. The Bertz CT molecular complexity index is 360. The third kappa shape index (κ3) is 12.3. The number of aliphatic hydroxyl groups excluding tert-OH is 1. The van der Waals surface area contributed by atoms with Crippen LogP contribution in [-0.4, -0.2) is 34.4 Å². The van der Waals surface area contributed by atoms with E-state index in [1.165, 1.54) is 12.8 Å². The molecule has 148 valence electrons. The molecule has 0 rings (SSSR count). The molecular weight excluding hydrogens is 336 g/mol. The standard InChI is InChI=1S/C20H38O4S/c1-5-9-11-13-16(7-3)23-19(25)15-18(21)20(22)24-17(8-4)14-12-10-6-2/h16-18,21H,5-15H2,1-4H3. The third-order valence-electron chi connectivity index (χ3n) is 4.38. The number of unbranched alkanes of at least 4 members (excludes halogenated alkanes) is 4. The van der Waals surface area contributed by atoms with Gasteiger partial charge in [0.2, 0.25) is 0 Å². The highest BCUT2D eigenvalue weighted by Gasteiger charge is 2.23. The van der Waals surface area contributed by atoms with Gasteiger partial charge in [-0.15, -0.1) is 0 Å². The number of ether oxygens (including phenoxy) is 2. The van der Waals surface area contributed by atoms with Crippen molar-refractivity contribution in [2.45, 2.75) is 117 Å². The number of aliphatic hydroxyl groups is 1. The van der Waals surface area contributed by atoms with Gasteiger partial charge in [0, 0.05) is 0 Å². The number of rotatable bonds is 15. The van der Waals surface area contributed by atoms with Crippen molar-refractivity contribution in [1.29, 1.82) is 0 Å². The first-order chi connectivity index (χ1) is 12.0. The van der Waals surface area contributed by atoms with Crippen molar-refractivity contribution in [3.63, 3.8) is 0 Å². The maximum absolute atomic E-state index is 12.1. The molecule has 0 spiro atoms. The Labute approximate surface area is 159 Å². The maximum atomic E-state index is 12.1. The number of esters is 1. The monoisotopic (exact) mass is 374 g/mol. The van der Waals surface area contributed by atoms with Crippen LogP contribution in [0.3, 0.4) is 0 Å². The lowest BCUT2D eigenvalue weighted by atomic mass is 10.1. The van der Waals surface area contributed by atoms with Gasteiger partial charge >= 0.3 is 5.97 Å². The fourth-order valence-electron chi connectivity index (χ4n) is 2.65. The van der Waals surface area contributed by atoms with E-state index < -0.39 is 12.1 Å². The highest BCUT2D eigenvalue weighted by atomic mass is 32.1. The summed E-state index contributed by atoms with van der Waals surface area (Å²) in [5.41, 5.74) is 0. The lowest BCUT2D eigenvalue weighted by Gasteiger charge is -2.21. The number of carbonyl (C=O) groups is 1. The predicted molar refractivity (Wildman–Crippen MR) is 107 cm³/mol. The average molecular weight is 375 g/mol. The summed E-state index contributed by atoms with van der Waals surface area (Å²) in [6.07, 6.45) is 8.94. The Kier molecular flexibility index (Phi) is 15.1. The molecule has 25 heavy (non-hydrogen) atoms. The SMILES string of the molecule is CCCCCC(CC)OC(=O)C(O)CC(=S)OC(CC)CCCCC. The van der Waals surface area contributed by atoms with Crippen LogP contribution in [0, 0.1) is 0 Å². The zero-order chi connectivity index (χ0) is 19.1. The minimum atomic E-state index is -1.24. The molecule has 5 heteroatoms. The van der Waals surface area contributed by atoms with Crippen LogP contribution in [0.15, 0.2) is 0 Å². The van der Waals surface area contributed by atoms with Crippen molar-refractivity contribution < 1.29 is 19.4 Å². The molecule has 0 amide bonds. The van der Waals surface area contributed by atoms with Crippen LogP contribution in [-0.2, 0) is 14.3 Å². The molecule has 0 heterocycles. The molecule has 1 N–H and O–H groups in total. The second kappa shape index (κ2) is 15.6. The van der Waals surface area contributed by atoms with Gasteiger partial charge < -0.3 is 14.6 Å². The molecule has 0 saturated heterocycles. The molecule has 0 fully saturated rings. The van der Waals surface area contributed by atoms with Crippen LogP contribution < -0.4 is 0 Å². The van der Waals surface area contributed by atoms with E-state index in [2.05, 4.69) is 20.8 Å². The Hall–Kier alpha value is -0.680. The van der Waals surface area contributed by atoms with Gasteiger partial charge in [-0.1, -0.05) is 53.4 Å². The van der Waals surface area contributed by atoms with Gasteiger partial charge in [0.1, 0.15) is 6.10 Å². The Morgan fingerprint density at radius 3 is 1.80 bits per heavy atom. The molecule has 0 aliphatic carbocycles. The summed E-state index contributed by atoms with van der Waals surface area (Å²) >= 11 is 5.21. The summed E-state index contributed by atoms with van der Waals surface area (Å²) in [6, 6.07) is 0. The van der Waals surface area contributed by atoms with Gasteiger partial charge in [-0.2, -0.15) is 0 Å². The van der Waals surface area contributed by atoms with Crippen molar-refractivity contribution >= 4 is 23.2 Å². The molecular formula is C20H38O4S. The predicted octanol–water partition coefficient (Wildman–Crippen LogP) is 5.34. The second-order valence-electron chi connectivity index (χ2n) is 6.70. The Morgan fingerprint density at radius 2 is 1.36 bits per heavy atom. The van der Waals surface area contributed by atoms with E-state index in [-0.39, 0.29) is 18.6 Å². The first-order valence-corrected chi connectivity index (χ1v) is 10.5. The van der Waals surface area contributed by atoms with Gasteiger partial charge in [0.05, 0.1) is 12.5 Å². The van der Waals surface area contributed by atoms with Crippen LogP contribution in [0.4, 0.5) is 0 Å². The lowest BCUT2D eigenvalue weighted by Crippen LogP contribution is -2.31. The first-order valence-electron chi connectivity index (χ1n) is 10.1. The van der Waals surface area contributed by atoms with E-state index in [4.69, 9.17) is 21.7 Å². The quantitative estimate of drug-likeness (QED) is 0.238. The van der Waals surface area contributed by atoms with E-state index in [1.54, 1.807) is 0 Å². The minimum absolute atomic E-state index is 0.0316. The molecule has 3 unspecified atom stereocenters. The summed E-state index contributed by atoms with van der Waals surface area (Å²) in [5.74, 6) is -0.590. The van der Waals surface area contributed by atoms with E-state index in [0.717, 1.165) is 51.4 Å². The normalized spacial score (nSPS) is 14.6. The topological polar surface area (TPSA) is 55.8 Å². The maximum Gasteiger partial charge on any atom is 0.335 e. The third-order valence-corrected chi connectivity index (χ3v) is 4.65. The number of hydrogen-bond donors (Lipinski definition) is 1. The summed E-state index contributed by atoms with van der Waals surface area (Å²) in [6.45, 7) is 8.36. The van der Waals surface area contributed by atoms with E-state index >= 15 is 0 Å². The largest absolute Gasteiger partial charge is 0.484 e. The van der Waals surface area contributed by atoms with Crippen LogP contribution in [0.2, 0.25) is 0 Å². The summed E-state index contributed by atoms with van der Waals surface area (Å²) in [5, 5.41) is 10.4. The van der Waals surface area contributed by atoms with Crippen LogP contribution >= 0.6 is 12.2 Å². The lowest BCUT2D eigenvalue weighted by molar-refractivity contribution is -0.159. The smallest absolute Gasteiger partial charge is 0.335 e. The molecule has 0 bridgehead atoms. The summed E-state index contributed by atoms with van der Waals surface area (Å²) in [4.78, 5) is 12.1. The zero-order valence-corrected chi connectivity index (χ0v) is 17.4. The molecule has 0 aromatic rings. The molecule has 4 nitrogen and oxygen atoms in total. The van der Waals surface area contributed by atoms with Crippen molar-refractivity contribution in [1.82, 2.24) is 0 Å². The summed E-state index contributed by atoms with van der Waals surface area (Å²) in [7, 11) is 0. The van der Waals surface area contributed by atoms with E-state index in [1.807, 2.05) is 6.92 Å². The minimum Gasteiger partial charge on any atom is -0.484 e. The van der Waals surface area contributed by atoms with Crippen LogP contribution in [0.25, 0.3) is 0 Å². The Balaban J connectivity index is 4.23. The van der Waals surface area contributed by atoms with E-state index in [9.17, 15) is 9.90 Å².